The fourth-order valence-corrected chi connectivity index (χ4v) is 2.61. The molecule has 0 fully saturated rings. The number of carbonyl (C=O) groups excluding carboxylic acids is 1. The number of amides is 2. The van der Waals surface area contributed by atoms with Gasteiger partial charge in [0, 0.05) is 18.8 Å². The highest BCUT2D eigenvalue weighted by Gasteiger charge is 2.12. The average Bonchev–Trinajstić information content (AvgIpc) is 3.07. The highest BCUT2D eigenvalue weighted by atomic mass is 16.3. The zero-order valence-corrected chi connectivity index (χ0v) is 14.1. The first-order valence-corrected chi connectivity index (χ1v) is 8.21. The average molecular weight is 331 g/mol. The van der Waals surface area contributed by atoms with E-state index >= 15 is 0 Å². The van der Waals surface area contributed by atoms with Crippen molar-refractivity contribution in [3.63, 3.8) is 0 Å². The summed E-state index contributed by atoms with van der Waals surface area (Å²) in [5, 5.41) is 22.5. The van der Waals surface area contributed by atoms with Gasteiger partial charge in [0.05, 0.1) is 18.1 Å². The molecule has 0 saturated carbocycles. The summed E-state index contributed by atoms with van der Waals surface area (Å²) in [6.45, 7) is 4.98. The van der Waals surface area contributed by atoms with Gasteiger partial charge in [-0.05, 0) is 48.9 Å². The number of anilines is 1. The maximum atomic E-state index is 12.0. The standard InChI is InChI=1S/C17H25N5O2/c1-13(2)11-14(7-10-23)12-18-17(24)20-15-3-5-16(6-4-15)22-9-8-19-21-22/h3-6,8-9,13-14,23H,7,10-12H2,1-2H3,(H2,18,20,24). The van der Waals surface area contributed by atoms with E-state index in [1.807, 2.05) is 24.3 Å². The van der Waals surface area contributed by atoms with E-state index < -0.39 is 0 Å². The fraction of sp³-hybridized carbons (Fsp3) is 0.471. The Morgan fingerprint density at radius 1 is 1.29 bits per heavy atom. The van der Waals surface area contributed by atoms with Crippen LogP contribution in [0.25, 0.3) is 5.69 Å². The Balaban J connectivity index is 1.83. The number of urea groups is 1. The molecule has 0 spiro atoms. The monoisotopic (exact) mass is 331 g/mol. The number of benzene rings is 1. The number of hydrogen-bond donors (Lipinski definition) is 3. The lowest BCUT2D eigenvalue weighted by atomic mass is 9.94. The number of rotatable bonds is 8. The Labute approximate surface area is 142 Å². The van der Waals surface area contributed by atoms with E-state index in [4.69, 9.17) is 5.11 Å². The molecule has 130 valence electrons. The first kappa shape index (κ1) is 17.9. The van der Waals surface area contributed by atoms with E-state index in [1.165, 1.54) is 0 Å². The lowest BCUT2D eigenvalue weighted by Crippen LogP contribution is -2.33. The van der Waals surface area contributed by atoms with Crippen LogP contribution in [0, 0.1) is 11.8 Å². The molecule has 0 saturated heterocycles. The third kappa shape index (κ3) is 5.66. The molecule has 2 aromatic rings. The van der Waals surface area contributed by atoms with Crippen molar-refractivity contribution in [3.05, 3.63) is 36.7 Å². The SMILES string of the molecule is CC(C)CC(CCO)CNC(=O)Nc1ccc(-n2ccnn2)cc1. The maximum absolute atomic E-state index is 12.0. The Bertz CT molecular complexity index is 610. The summed E-state index contributed by atoms with van der Waals surface area (Å²) < 4.78 is 1.65. The topological polar surface area (TPSA) is 92.1 Å². The second kappa shape index (κ2) is 9.02. The van der Waals surface area contributed by atoms with Crippen LogP contribution in [0.5, 0.6) is 0 Å². The van der Waals surface area contributed by atoms with Crippen LogP contribution in [0.4, 0.5) is 10.5 Å². The molecule has 1 aromatic carbocycles. The molecule has 7 heteroatoms. The number of hydrogen-bond acceptors (Lipinski definition) is 4. The van der Waals surface area contributed by atoms with Crippen molar-refractivity contribution < 1.29 is 9.90 Å². The molecular formula is C17H25N5O2. The van der Waals surface area contributed by atoms with Crippen molar-refractivity contribution in [2.24, 2.45) is 11.8 Å². The van der Waals surface area contributed by atoms with Gasteiger partial charge in [-0.15, -0.1) is 5.10 Å². The molecule has 0 aliphatic carbocycles. The molecule has 0 radical (unpaired) electrons. The van der Waals surface area contributed by atoms with E-state index in [0.717, 1.165) is 12.1 Å². The third-order valence-electron chi connectivity index (χ3n) is 3.71. The van der Waals surface area contributed by atoms with E-state index in [0.29, 0.717) is 24.6 Å². The molecule has 1 heterocycles. The lowest BCUT2D eigenvalue weighted by molar-refractivity contribution is 0.231. The van der Waals surface area contributed by atoms with E-state index in [-0.39, 0.29) is 18.6 Å². The summed E-state index contributed by atoms with van der Waals surface area (Å²) >= 11 is 0. The van der Waals surface area contributed by atoms with Gasteiger partial charge in [0.2, 0.25) is 0 Å². The summed E-state index contributed by atoms with van der Waals surface area (Å²) in [7, 11) is 0. The van der Waals surface area contributed by atoms with Gasteiger partial charge in [-0.25, -0.2) is 9.48 Å². The smallest absolute Gasteiger partial charge is 0.319 e. The molecular weight excluding hydrogens is 306 g/mol. The molecule has 24 heavy (non-hydrogen) atoms. The second-order valence-electron chi connectivity index (χ2n) is 6.24. The van der Waals surface area contributed by atoms with Gasteiger partial charge in [-0.2, -0.15) is 0 Å². The minimum absolute atomic E-state index is 0.143. The number of nitrogens with one attached hydrogen (secondary N) is 2. The first-order valence-electron chi connectivity index (χ1n) is 8.21. The van der Waals surface area contributed by atoms with E-state index in [9.17, 15) is 4.79 Å². The van der Waals surface area contributed by atoms with Crippen molar-refractivity contribution in [1.82, 2.24) is 20.3 Å². The van der Waals surface area contributed by atoms with Gasteiger partial charge in [0.15, 0.2) is 0 Å². The highest BCUT2D eigenvalue weighted by Crippen LogP contribution is 2.15. The molecule has 1 atom stereocenters. The molecule has 7 nitrogen and oxygen atoms in total. The molecule has 3 N–H and O–H groups in total. The Morgan fingerprint density at radius 3 is 2.62 bits per heavy atom. The predicted molar refractivity (Wildman–Crippen MR) is 93.0 cm³/mol. The molecule has 2 amide bonds. The minimum atomic E-state index is -0.241. The summed E-state index contributed by atoms with van der Waals surface area (Å²) in [5.74, 6) is 0.825. The van der Waals surface area contributed by atoms with Crippen molar-refractivity contribution in [3.8, 4) is 5.69 Å². The van der Waals surface area contributed by atoms with Crippen molar-refractivity contribution >= 4 is 11.7 Å². The summed E-state index contributed by atoms with van der Waals surface area (Å²) in [4.78, 5) is 12.0. The first-order chi connectivity index (χ1) is 11.6. The fourth-order valence-electron chi connectivity index (χ4n) is 2.61. The van der Waals surface area contributed by atoms with Crippen LogP contribution in [0.3, 0.4) is 0 Å². The zero-order valence-electron chi connectivity index (χ0n) is 14.1. The van der Waals surface area contributed by atoms with E-state index in [2.05, 4.69) is 34.8 Å². The molecule has 1 unspecified atom stereocenters. The third-order valence-corrected chi connectivity index (χ3v) is 3.71. The summed E-state index contributed by atoms with van der Waals surface area (Å²) in [6, 6.07) is 7.11. The van der Waals surface area contributed by atoms with Gasteiger partial charge in [-0.1, -0.05) is 19.1 Å². The Hall–Kier alpha value is -2.41. The second-order valence-corrected chi connectivity index (χ2v) is 6.24. The van der Waals surface area contributed by atoms with Gasteiger partial charge in [0.1, 0.15) is 0 Å². The predicted octanol–water partition coefficient (Wildman–Crippen LogP) is 2.43. The van der Waals surface area contributed by atoms with Gasteiger partial charge in [-0.3, -0.25) is 0 Å². The number of aromatic nitrogens is 3. The van der Waals surface area contributed by atoms with Crippen LogP contribution < -0.4 is 10.6 Å². The van der Waals surface area contributed by atoms with Crippen LogP contribution in [-0.4, -0.2) is 39.3 Å². The number of carbonyl (C=O) groups is 1. The van der Waals surface area contributed by atoms with Crippen molar-refractivity contribution in [2.45, 2.75) is 26.7 Å². The zero-order chi connectivity index (χ0) is 17.4. The molecule has 1 aromatic heterocycles. The Kier molecular flexibility index (Phi) is 6.74. The quantitative estimate of drug-likeness (QED) is 0.693. The summed E-state index contributed by atoms with van der Waals surface area (Å²) in [6.07, 6.45) is 5.04. The van der Waals surface area contributed by atoms with Gasteiger partial charge < -0.3 is 15.7 Å². The van der Waals surface area contributed by atoms with Gasteiger partial charge in [0.25, 0.3) is 0 Å². The number of aliphatic hydroxyl groups excluding tert-OH is 1. The molecule has 0 aliphatic rings. The highest BCUT2D eigenvalue weighted by molar-refractivity contribution is 5.89. The number of aliphatic hydroxyl groups is 1. The maximum Gasteiger partial charge on any atom is 0.319 e. The minimum Gasteiger partial charge on any atom is -0.396 e. The van der Waals surface area contributed by atoms with Crippen molar-refractivity contribution in [1.29, 1.82) is 0 Å². The van der Waals surface area contributed by atoms with Crippen LogP contribution in [0.1, 0.15) is 26.7 Å². The van der Waals surface area contributed by atoms with Gasteiger partial charge >= 0.3 is 6.03 Å². The Morgan fingerprint density at radius 2 is 2.04 bits per heavy atom. The lowest BCUT2D eigenvalue weighted by Gasteiger charge is -2.18. The van der Waals surface area contributed by atoms with Crippen LogP contribution in [0.2, 0.25) is 0 Å². The largest absolute Gasteiger partial charge is 0.396 e. The summed E-state index contributed by atoms with van der Waals surface area (Å²) in [5.41, 5.74) is 1.58. The van der Waals surface area contributed by atoms with Crippen LogP contribution in [-0.2, 0) is 0 Å². The molecule has 2 rings (SSSR count). The normalized spacial score (nSPS) is 12.2. The molecule has 0 bridgehead atoms. The van der Waals surface area contributed by atoms with Crippen LogP contribution in [0.15, 0.2) is 36.7 Å². The number of nitrogens with zero attached hydrogens (tertiary/aromatic N) is 3. The van der Waals surface area contributed by atoms with E-state index in [1.54, 1.807) is 17.1 Å². The van der Waals surface area contributed by atoms with Crippen LogP contribution >= 0.6 is 0 Å². The molecule has 0 aliphatic heterocycles. The van der Waals surface area contributed by atoms with Crippen molar-refractivity contribution in [2.75, 3.05) is 18.5 Å².